The molecule has 0 spiro atoms. The number of phenolic OH excluding ortho intramolecular Hbond substituents is 2. The van der Waals surface area contributed by atoms with E-state index in [1.807, 2.05) is 36.4 Å². The molecule has 2 N–H and O–H groups in total. The van der Waals surface area contributed by atoms with Crippen molar-refractivity contribution in [1.29, 1.82) is 0 Å². The molecule has 0 atom stereocenters. The summed E-state index contributed by atoms with van der Waals surface area (Å²) in [7, 11) is 0. The van der Waals surface area contributed by atoms with Gasteiger partial charge in [0.15, 0.2) is 0 Å². The van der Waals surface area contributed by atoms with Crippen LogP contribution in [0.3, 0.4) is 0 Å². The molecule has 0 saturated carbocycles. The molecule has 1 aliphatic carbocycles. The van der Waals surface area contributed by atoms with E-state index in [9.17, 15) is 10.2 Å². The van der Waals surface area contributed by atoms with E-state index in [4.69, 9.17) is 0 Å². The normalized spacial score (nSPS) is 15.4. The molecular formula is C19H20O2. The molecule has 0 bridgehead atoms. The molecule has 2 heteroatoms. The lowest BCUT2D eigenvalue weighted by Gasteiger charge is -2.32. The summed E-state index contributed by atoms with van der Waals surface area (Å²) in [5.41, 5.74) is 2.01. The Balaban J connectivity index is 0.00000161. The Morgan fingerprint density at radius 2 is 1.19 bits per heavy atom. The molecule has 2 aromatic rings. The van der Waals surface area contributed by atoms with Crippen LogP contribution in [0.15, 0.2) is 72.8 Å². The second-order valence-corrected chi connectivity index (χ2v) is 5.06. The molecular weight excluding hydrogens is 260 g/mol. The monoisotopic (exact) mass is 280 g/mol. The molecule has 0 saturated heterocycles. The van der Waals surface area contributed by atoms with Gasteiger partial charge in [0.2, 0.25) is 0 Å². The van der Waals surface area contributed by atoms with Crippen LogP contribution >= 0.6 is 0 Å². The van der Waals surface area contributed by atoms with Gasteiger partial charge < -0.3 is 10.2 Å². The topological polar surface area (TPSA) is 40.5 Å². The van der Waals surface area contributed by atoms with Crippen molar-refractivity contribution in [3.05, 3.63) is 84.0 Å². The highest BCUT2D eigenvalue weighted by atomic mass is 16.3. The Hall–Kier alpha value is -2.48. The Morgan fingerprint density at radius 3 is 1.57 bits per heavy atom. The van der Waals surface area contributed by atoms with Crippen molar-refractivity contribution in [2.75, 3.05) is 0 Å². The van der Waals surface area contributed by atoms with Crippen molar-refractivity contribution in [1.82, 2.24) is 0 Å². The number of hydrogen-bond acceptors (Lipinski definition) is 2. The van der Waals surface area contributed by atoms with Crippen LogP contribution in [0.5, 0.6) is 11.5 Å². The average molecular weight is 280 g/mol. The van der Waals surface area contributed by atoms with E-state index >= 15 is 0 Å². The van der Waals surface area contributed by atoms with Gasteiger partial charge in [-0.25, -0.2) is 0 Å². The number of benzene rings is 2. The maximum Gasteiger partial charge on any atom is 0.115 e. The maximum absolute atomic E-state index is 9.48. The van der Waals surface area contributed by atoms with Crippen LogP contribution in [0.4, 0.5) is 0 Å². The van der Waals surface area contributed by atoms with Gasteiger partial charge in [-0.2, -0.15) is 0 Å². The lowest BCUT2D eigenvalue weighted by molar-refractivity contribution is 0.474. The summed E-state index contributed by atoms with van der Waals surface area (Å²) in [6.45, 7) is 0. The molecule has 0 heterocycles. The first-order valence-corrected chi connectivity index (χ1v) is 6.64. The van der Waals surface area contributed by atoms with Crippen LogP contribution in [0.1, 0.15) is 25.0 Å². The first kappa shape index (κ1) is 14.9. The van der Waals surface area contributed by atoms with Crippen molar-refractivity contribution in [3.63, 3.8) is 0 Å². The summed E-state index contributed by atoms with van der Waals surface area (Å²) in [6, 6.07) is 14.6. The summed E-state index contributed by atoms with van der Waals surface area (Å²) in [6.07, 6.45) is 9.26. The molecule has 0 aliphatic heterocycles. The van der Waals surface area contributed by atoms with E-state index in [0.717, 1.165) is 17.5 Å². The standard InChI is InChI=1S/C18H16O2.CH4/c19-16-8-4-14(5-9-16)18(12-2-1-3-13-18)15-6-10-17(20)11-7-15;/h1-12,19-20H,13H2;1H4. The highest BCUT2D eigenvalue weighted by molar-refractivity contribution is 5.49. The average Bonchev–Trinajstić information content (AvgIpc) is 2.49. The first-order chi connectivity index (χ1) is 9.71. The fourth-order valence-electron chi connectivity index (χ4n) is 2.73. The van der Waals surface area contributed by atoms with E-state index in [1.165, 1.54) is 0 Å². The largest absolute Gasteiger partial charge is 0.508 e. The van der Waals surface area contributed by atoms with Crippen LogP contribution in [0, 0.1) is 0 Å². The second kappa shape index (κ2) is 5.88. The van der Waals surface area contributed by atoms with Crippen LogP contribution in [0.2, 0.25) is 0 Å². The van der Waals surface area contributed by atoms with E-state index < -0.39 is 0 Å². The lowest BCUT2D eigenvalue weighted by atomic mass is 9.70. The van der Waals surface area contributed by atoms with Gasteiger partial charge in [-0.3, -0.25) is 0 Å². The Labute approximate surface area is 125 Å². The van der Waals surface area contributed by atoms with Crippen molar-refractivity contribution in [2.24, 2.45) is 0 Å². The number of allylic oxidation sites excluding steroid dienone is 4. The summed E-state index contributed by atoms with van der Waals surface area (Å²) in [5, 5.41) is 19.0. The second-order valence-electron chi connectivity index (χ2n) is 5.06. The summed E-state index contributed by atoms with van der Waals surface area (Å²) in [5.74, 6) is 0.537. The fourth-order valence-corrected chi connectivity index (χ4v) is 2.73. The summed E-state index contributed by atoms with van der Waals surface area (Å²) < 4.78 is 0. The van der Waals surface area contributed by atoms with Gasteiger partial charge in [0.1, 0.15) is 11.5 Å². The SMILES string of the molecule is C.Oc1ccc(C2(c3ccc(O)cc3)C=CC=CC2)cc1. The number of rotatable bonds is 2. The van der Waals surface area contributed by atoms with Gasteiger partial charge in [0, 0.05) is 5.41 Å². The molecule has 0 unspecified atom stereocenters. The van der Waals surface area contributed by atoms with Crippen LogP contribution in [-0.4, -0.2) is 10.2 Å². The minimum Gasteiger partial charge on any atom is -0.508 e. The van der Waals surface area contributed by atoms with E-state index in [0.29, 0.717) is 0 Å². The van der Waals surface area contributed by atoms with Crippen molar-refractivity contribution in [2.45, 2.75) is 19.3 Å². The van der Waals surface area contributed by atoms with E-state index in [-0.39, 0.29) is 24.3 Å². The van der Waals surface area contributed by atoms with E-state index in [2.05, 4.69) is 12.2 Å². The minimum atomic E-state index is -0.240. The third-order valence-electron chi connectivity index (χ3n) is 3.83. The minimum absolute atomic E-state index is 0. The molecule has 0 fully saturated rings. The summed E-state index contributed by atoms with van der Waals surface area (Å²) >= 11 is 0. The molecule has 1 aliphatic rings. The highest BCUT2D eigenvalue weighted by Gasteiger charge is 2.31. The predicted molar refractivity (Wildman–Crippen MR) is 86.6 cm³/mol. The highest BCUT2D eigenvalue weighted by Crippen LogP contribution is 2.40. The van der Waals surface area contributed by atoms with Gasteiger partial charge in [0.05, 0.1) is 0 Å². The van der Waals surface area contributed by atoms with Gasteiger partial charge >= 0.3 is 0 Å². The molecule has 2 nitrogen and oxygen atoms in total. The molecule has 2 aromatic carbocycles. The third kappa shape index (κ3) is 2.70. The molecule has 0 amide bonds. The van der Waals surface area contributed by atoms with Crippen molar-refractivity contribution < 1.29 is 10.2 Å². The van der Waals surface area contributed by atoms with Crippen LogP contribution in [-0.2, 0) is 5.41 Å². The Kier molecular flexibility index (Phi) is 4.18. The zero-order valence-electron chi connectivity index (χ0n) is 11.0. The molecule has 21 heavy (non-hydrogen) atoms. The molecule has 108 valence electrons. The third-order valence-corrected chi connectivity index (χ3v) is 3.83. The lowest BCUT2D eigenvalue weighted by Crippen LogP contribution is -2.25. The molecule has 0 aromatic heterocycles. The smallest absolute Gasteiger partial charge is 0.115 e. The van der Waals surface area contributed by atoms with Crippen molar-refractivity contribution >= 4 is 0 Å². The van der Waals surface area contributed by atoms with Gasteiger partial charge in [-0.15, -0.1) is 0 Å². The Morgan fingerprint density at radius 1 is 0.714 bits per heavy atom. The van der Waals surface area contributed by atoms with Crippen LogP contribution < -0.4 is 0 Å². The fraction of sp³-hybridized carbons (Fsp3) is 0.158. The summed E-state index contributed by atoms with van der Waals surface area (Å²) in [4.78, 5) is 0. The zero-order valence-corrected chi connectivity index (χ0v) is 11.0. The van der Waals surface area contributed by atoms with Crippen LogP contribution in [0.25, 0.3) is 0 Å². The van der Waals surface area contributed by atoms with Crippen molar-refractivity contribution in [3.8, 4) is 11.5 Å². The number of aromatic hydroxyl groups is 2. The quantitative estimate of drug-likeness (QED) is 0.848. The predicted octanol–water partition coefficient (Wildman–Crippen LogP) is 4.54. The van der Waals surface area contributed by atoms with Gasteiger partial charge in [0.25, 0.3) is 0 Å². The van der Waals surface area contributed by atoms with Gasteiger partial charge in [-0.1, -0.05) is 56.0 Å². The first-order valence-electron chi connectivity index (χ1n) is 6.64. The van der Waals surface area contributed by atoms with E-state index in [1.54, 1.807) is 24.3 Å². The number of phenols is 2. The molecule has 3 rings (SSSR count). The zero-order chi connectivity index (χ0) is 14.0. The number of hydrogen-bond donors (Lipinski definition) is 2. The maximum atomic E-state index is 9.48. The molecule has 0 radical (unpaired) electrons. The van der Waals surface area contributed by atoms with Gasteiger partial charge in [-0.05, 0) is 41.8 Å². The Bertz CT molecular complexity index is 603.